The van der Waals surface area contributed by atoms with Crippen molar-refractivity contribution in [2.75, 3.05) is 0 Å². The van der Waals surface area contributed by atoms with E-state index in [9.17, 15) is 0 Å². The fraction of sp³-hybridized carbons (Fsp3) is 0.600. The minimum absolute atomic E-state index is 0.376. The van der Waals surface area contributed by atoms with Gasteiger partial charge in [-0.25, -0.2) is 0 Å². The zero-order valence-electron chi connectivity index (χ0n) is 7.49. The van der Waals surface area contributed by atoms with Crippen molar-refractivity contribution < 1.29 is 4.74 Å². The summed E-state index contributed by atoms with van der Waals surface area (Å²) in [7, 11) is 0. The molecule has 0 aromatic carbocycles. The molecule has 1 saturated heterocycles. The van der Waals surface area contributed by atoms with Crippen LogP contribution in [0.2, 0.25) is 0 Å². The van der Waals surface area contributed by atoms with Gasteiger partial charge in [0.25, 0.3) is 0 Å². The van der Waals surface area contributed by atoms with Crippen molar-refractivity contribution in [1.82, 2.24) is 0 Å². The first-order valence-electron chi connectivity index (χ1n) is 4.46. The van der Waals surface area contributed by atoms with Crippen molar-refractivity contribution >= 4 is 11.8 Å². The number of hydrogen-bond donors (Lipinski definition) is 0. The molecule has 0 spiro atoms. The smallest absolute Gasteiger partial charge is 0.147 e. The molecule has 2 aliphatic rings. The normalized spacial score (nSPS) is 33.1. The minimum Gasteiger partial charge on any atom is -0.483 e. The van der Waals surface area contributed by atoms with Crippen LogP contribution in [0.4, 0.5) is 0 Å². The molecule has 1 heterocycles. The van der Waals surface area contributed by atoms with Gasteiger partial charge >= 0.3 is 0 Å². The average molecular weight is 182 g/mol. The van der Waals surface area contributed by atoms with Crippen molar-refractivity contribution in [3.05, 3.63) is 24.0 Å². The Balaban J connectivity index is 2.07. The van der Waals surface area contributed by atoms with Crippen LogP contribution >= 0.6 is 11.8 Å². The second-order valence-electron chi connectivity index (χ2n) is 3.59. The Hall–Kier alpha value is -0.370. The van der Waals surface area contributed by atoms with Crippen LogP contribution in [-0.2, 0) is 4.74 Å². The highest BCUT2D eigenvalue weighted by Gasteiger charge is 2.33. The number of hydrogen-bond acceptors (Lipinski definition) is 2. The summed E-state index contributed by atoms with van der Waals surface area (Å²) in [6.07, 6.45) is 7.55. The molecule has 12 heavy (non-hydrogen) atoms. The van der Waals surface area contributed by atoms with Gasteiger partial charge in [0.1, 0.15) is 11.2 Å². The molecule has 66 valence electrons. The van der Waals surface area contributed by atoms with Crippen LogP contribution in [0.5, 0.6) is 0 Å². The van der Waals surface area contributed by atoms with E-state index in [-0.39, 0.29) is 0 Å². The summed E-state index contributed by atoms with van der Waals surface area (Å²) in [4.78, 5) is 0. The van der Waals surface area contributed by atoms with E-state index < -0.39 is 0 Å². The van der Waals surface area contributed by atoms with Gasteiger partial charge in [0.05, 0.1) is 5.25 Å². The first-order valence-corrected chi connectivity index (χ1v) is 5.40. The lowest BCUT2D eigenvalue weighted by Gasteiger charge is -2.12. The summed E-state index contributed by atoms with van der Waals surface area (Å²) >= 11 is 1.96. The molecule has 1 aliphatic carbocycles. The molecule has 2 heteroatoms. The second-order valence-corrected chi connectivity index (χ2v) is 4.89. The van der Waals surface area contributed by atoms with Gasteiger partial charge in [-0.3, -0.25) is 0 Å². The van der Waals surface area contributed by atoms with E-state index in [0.717, 1.165) is 6.42 Å². The lowest BCUT2D eigenvalue weighted by Crippen LogP contribution is -2.08. The fourth-order valence-corrected chi connectivity index (χ4v) is 2.74. The average Bonchev–Trinajstić information content (AvgIpc) is 2.46. The Morgan fingerprint density at radius 1 is 1.58 bits per heavy atom. The van der Waals surface area contributed by atoms with E-state index in [2.05, 4.69) is 32.1 Å². The van der Waals surface area contributed by atoms with Crippen molar-refractivity contribution in [2.45, 2.75) is 31.0 Å². The van der Waals surface area contributed by atoms with E-state index in [1.807, 2.05) is 11.8 Å². The predicted octanol–water partition coefficient (Wildman–Crippen LogP) is 2.94. The summed E-state index contributed by atoms with van der Waals surface area (Å²) in [6.45, 7) is 4.42. The van der Waals surface area contributed by atoms with Crippen LogP contribution < -0.4 is 0 Å². The van der Waals surface area contributed by atoms with Crippen molar-refractivity contribution in [3.8, 4) is 0 Å². The topological polar surface area (TPSA) is 9.23 Å². The van der Waals surface area contributed by atoms with Crippen LogP contribution in [0.15, 0.2) is 24.0 Å². The third-order valence-corrected chi connectivity index (χ3v) is 3.82. The standard InChI is InChI=1S/C10H14OS/c1-7(2)10-11-8-5-3-4-6-9(8)12-10/h3-5,7,9-10H,6H2,1-2H3. The monoisotopic (exact) mass is 182 g/mol. The molecular weight excluding hydrogens is 168 g/mol. The van der Waals surface area contributed by atoms with E-state index >= 15 is 0 Å². The molecular formula is C10H14OS. The molecule has 0 bridgehead atoms. The first-order chi connectivity index (χ1) is 5.77. The van der Waals surface area contributed by atoms with Crippen LogP contribution in [0, 0.1) is 5.92 Å². The van der Waals surface area contributed by atoms with Gasteiger partial charge in [-0.15, -0.1) is 11.8 Å². The van der Waals surface area contributed by atoms with Crippen LogP contribution in [0.1, 0.15) is 20.3 Å². The lowest BCUT2D eigenvalue weighted by molar-refractivity contribution is 0.160. The highest BCUT2D eigenvalue weighted by Crippen LogP contribution is 2.42. The van der Waals surface area contributed by atoms with Gasteiger partial charge in [-0.2, -0.15) is 0 Å². The first kappa shape index (κ1) is 8.24. The molecule has 0 amide bonds. The number of fused-ring (bicyclic) bond motifs is 1. The molecule has 0 saturated carbocycles. The molecule has 1 nitrogen and oxygen atoms in total. The number of ether oxygens (including phenoxy) is 1. The second kappa shape index (κ2) is 3.17. The summed E-state index contributed by atoms with van der Waals surface area (Å²) in [5.74, 6) is 1.79. The summed E-state index contributed by atoms with van der Waals surface area (Å²) in [6, 6.07) is 0. The van der Waals surface area contributed by atoms with Gasteiger partial charge in [-0.1, -0.05) is 26.0 Å². The number of rotatable bonds is 1. The van der Waals surface area contributed by atoms with Crippen molar-refractivity contribution in [2.24, 2.45) is 5.92 Å². The maximum atomic E-state index is 5.80. The highest BCUT2D eigenvalue weighted by atomic mass is 32.2. The Morgan fingerprint density at radius 3 is 3.08 bits per heavy atom. The van der Waals surface area contributed by atoms with Crippen LogP contribution in [0.25, 0.3) is 0 Å². The molecule has 0 radical (unpaired) electrons. The van der Waals surface area contributed by atoms with Crippen LogP contribution in [-0.4, -0.2) is 10.7 Å². The summed E-state index contributed by atoms with van der Waals surface area (Å²) in [5, 5.41) is 0.599. The number of thioether (sulfide) groups is 1. The van der Waals surface area contributed by atoms with E-state index in [1.54, 1.807) is 0 Å². The van der Waals surface area contributed by atoms with Crippen molar-refractivity contribution in [1.29, 1.82) is 0 Å². The number of allylic oxidation sites excluding steroid dienone is 3. The Labute approximate surface area is 77.9 Å². The SMILES string of the molecule is CC(C)C1OC2=CC=CCC2S1. The maximum absolute atomic E-state index is 5.80. The third-order valence-electron chi connectivity index (χ3n) is 2.16. The molecule has 2 atom stereocenters. The lowest BCUT2D eigenvalue weighted by atomic mass is 10.1. The van der Waals surface area contributed by atoms with Crippen LogP contribution in [0.3, 0.4) is 0 Å². The van der Waals surface area contributed by atoms with Gasteiger partial charge in [0.15, 0.2) is 0 Å². The van der Waals surface area contributed by atoms with E-state index in [4.69, 9.17) is 4.74 Å². The molecule has 1 fully saturated rings. The van der Waals surface area contributed by atoms with Crippen molar-refractivity contribution in [3.63, 3.8) is 0 Å². The summed E-state index contributed by atoms with van der Waals surface area (Å²) in [5.41, 5.74) is 0.376. The quantitative estimate of drug-likeness (QED) is 0.616. The minimum atomic E-state index is 0.376. The molecule has 0 aromatic heterocycles. The third kappa shape index (κ3) is 1.40. The Bertz CT molecular complexity index is 230. The van der Waals surface area contributed by atoms with Gasteiger partial charge in [0.2, 0.25) is 0 Å². The Morgan fingerprint density at radius 2 is 2.42 bits per heavy atom. The molecule has 2 rings (SSSR count). The highest BCUT2D eigenvalue weighted by molar-refractivity contribution is 8.00. The molecule has 1 aliphatic heterocycles. The zero-order chi connectivity index (χ0) is 8.55. The zero-order valence-corrected chi connectivity index (χ0v) is 8.30. The van der Waals surface area contributed by atoms with Gasteiger partial charge < -0.3 is 4.74 Å². The molecule has 0 N–H and O–H groups in total. The largest absolute Gasteiger partial charge is 0.483 e. The molecule has 2 unspecified atom stereocenters. The fourth-order valence-electron chi connectivity index (χ4n) is 1.44. The predicted molar refractivity (Wildman–Crippen MR) is 52.9 cm³/mol. The molecule has 0 aromatic rings. The summed E-state index contributed by atoms with van der Waals surface area (Å²) < 4.78 is 5.80. The van der Waals surface area contributed by atoms with E-state index in [1.165, 1.54) is 5.76 Å². The van der Waals surface area contributed by atoms with Gasteiger partial charge in [0, 0.05) is 0 Å². The maximum Gasteiger partial charge on any atom is 0.147 e. The van der Waals surface area contributed by atoms with Gasteiger partial charge in [-0.05, 0) is 18.4 Å². The Kier molecular flexibility index (Phi) is 2.18. The van der Waals surface area contributed by atoms with E-state index in [0.29, 0.717) is 16.6 Å².